The van der Waals surface area contributed by atoms with E-state index in [4.69, 9.17) is 0 Å². The first-order valence-corrected chi connectivity index (χ1v) is 6.26. The lowest BCUT2D eigenvalue weighted by atomic mass is 10.1. The van der Waals surface area contributed by atoms with E-state index < -0.39 is 0 Å². The molecule has 3 aromatic rings. The van der Waals surface area contributed by atoms with Gasteiger partial charge in [0.05, 0.1) is 0 Å². The van der Waals surface area contributed by atoms with Crippen LogP contribution in [0.1, 0.15) is 0 Å². The Bertz CT molecular complexity index is 701. The number of aromatic amines is 1. The van der Waals surface area contributed by atoms with Crippen LogP contribution in [0.4, 0.5) is 0 Å². The summed E-state index contributed by atoms with van der Waals surface area (Å²) in [6, 6.07) is 10.4. The minimum absolute atomic E-state index is 0.0252. The number of phenolic OH excluding ortho intramolecular Hbond substituents is 4. The monoisotopic (exact) mass is 283 g/mol. The van der Waals surface area contributed by atoms with Crippen LogP contribution in [0.3, 0.4) is 0 Å². The Kier molecular flexibility index (Phi) is 2.95. The second-order valence-corrected chi connectivity index (χ2v) is 4.78. The predicted octanol–water partition coefficient (Wildman–Crippen LogP) is 3.17. The van der Waals surface area contributed by atoms with E-state index in [1.165, 1.54) is 36.4 Å². The van der Waals surface area contributed by atoms with Crippen LogP contribution in [0.25, 0.3) is 22.4 Å². The zero-order chi connectivity index (χ0) is 15.0. The van der Waals surface area contributed by atoms with E-state index in [2.05, 4.69) is 4.98 Å². The summed E-state index contributed by atoms with van der Waals surface area (Å²) >= 11 is 0. The van der Waals surface area contributed by atoms with Crippen molar-refractivity contribution in [1.82, 2.24) is 4.98 Å². The molecule has 0 unspecified atom stereocenters. The Morgan fingerprint density at radius 1 is 0.524 bits per heavy atom. The Balaban J connectivity index is 2.03. The molecule has 106 valence electrons. The van der Waals surface area contributed by atoms with Gasteiger partial charge in [-0.25, -0.2) is 0 Å². The molecule has 1 heterocycles. The molecule has 0 atom stereocenters. The Morgan fingerprint density at radius 2 is 1.00 bits per heavy atom. The fraction of sp³-hybridized carbons (Fsp3) is 0. The first kappa shape index (κ1) is 12.9. The number of nitrogens with one attached hydrogen (secondary N) is 1. The van der Waals surface area contributed by atoms with Crippen LogP contribution < -0.4 is 0 Å². The van der Waals surface area contributed by atoms with E-state index in [1.54, 1.807) is 12.3 Å². The van der Waals surface area contributed by atoms with Gasteiger partial charge in [0, 0.05) is 35.2 Å². The van der Waals surface area contributed by atoms with Crippen molar-refractivity contribution in [2.75, 3.05) is 0 Å². The van der Waals surface area contributed by atoms with Gasteiger partial charge in [-0.3, -0.25) is 0 Å². The number of hydrogen-bond acceptors (Lipinski definition) is 4. The topological polar surface area (TPSA) is 96.7 Å². The van der Waals surface area contributed by atoms with Gasteiger partial charge in [-0.1, -0.05) is 0 Å². The maximum absolute atomic E-state index is 9.52. The minimum atomic E-state index is -0.0313. The molecule has 2 aromatic carbocycles. The van der Waals surface area contributed by atoms with Gasteiger partial charge in [-0.2, -0.15) is 0 Å². The van der Waals surface area contributed by atoms with Crippen LogP contribution in [0.5, 0.6) is 23.0 Å². The lowest BCUT2D eigenvalue weighted by Crippen LogP contribution is -1.77. The average molecular weight is 283 g/mol. The molecule has 21 heavy (non-hydrogen) atoms. The number of benzene rings is 2. The van der Waals surface area contributed by atoms with Crippen molar-refractivity contribution in [2.45, 2.75) is 0 Å². The van der Waals surface area contributed by atoms with E-state index in [1.807, 2.05) is 0 Å². The lowest BCUT2D eigenvalue weighted by Gasteiger charge is -2.02. The van der Waals surface area contributed by atoms with Crippen molar-refractivity contribution in [2.24, 2.45) is 0 Å². The highest BCUT2D eigenvalue weighted by Crippen LogP contribution is 2.33. The Morgan fingerprint density at radius 3 is 1.52 bits per heavy atom. The van der Waals surface area contributed by atoms with Crippen molar-refractivity contribution in [3.05, 3.63) is 48.7 Å². The summed E-state index contributed by atoms with van der Waals surface area (Å²) in [5, 5.41) is 38.1. The second-order valence-electron chi connectivity index (χ2n) is 4.78. The average Bonchev–Trinajstić information content (AvgIpc) is 2.85. The van der Waals surface area contributed by atoms with Crippen LogP contribution in [0.15, 0.2) is 48.7 Å². The molecule has 5 N–H and O–H groups in total. The molecule has 0 aliphatic heterocycles. The summed E-state index contributed by atoms with van der Waals surface area (Å²) < 4.78 is 0. The van der Waals surface area contributed by atoms with Gasteiger partial charge >= 0.3 is 0 Å². The first-order valence-electron chi connectivity index (χ1n) is 6.26. The largest absolute Gasteiger partial charge is 0.508 e. The molecule has 0 saturated heterocycles. The molecule has 5 heteroatoms. The molecule has 1 aromatic heterocycles. The zero-order valence-electron chi connectivity index (χ0n) is 10.9. The summed E-state index contributed by atoms with van der Waals surface area (Å²) in [6.07, 6.45) is 1.71. The fourth-order valence-corrected chi connectivity index (χ4v) is 2.24. The molecule has 0 radical (unpaired) electrons. The molecule has 0 aliphatic rings. The van der Waals surface area contributed by atoms with Crippen molar-refractivity contribution in [1.29, 1.82) is 0 Å². The number of H-pyrrole nitrogens is 1. The third kappa shape index (κ3) is 2.62. The van der Waals surface area contributed by atoms with Gasteiger partial charge in [-0.15, -0.1) is 0 Å². The van der Waals surface area contributed by atoms with Gasteiger partial charge in [-0.05, 0) is 35.9 Å². The Labute approximate surface area is 120 Å². The smallest absolute Gasteiger partial charge is 0.119 e. The molecular formula is C16H13NO4. The summed E-state index contributed by atoms with van der Waals surface area (Å²) in [6.45, 7) is 0. The fourth-order valence-electron chi connectivity index (χ4n) is 2.24. The lowest BCUT2D eigenvalue weighted by molar-refractivity contribution is 0.450. The SMILES string of the molecule is Oc1cc(O)cc(-c2c[nH]c(-c3cc(O)cc(O)c3)c2)c1. The van der Waals surface area contributed by atoms with E-state index in [0.717, 1.165) is 5.56 Å². The number of aromatic hydroxyl groups is 4. The number of rotatable bonds is 2. The van der Waals surface area contributed by atoms with Crippen molar-refractivity contribution < 1.29 is 20.4 Å². The van der Waals surface area contributed by atoms with Crippen LogP contribution >= 0.6 is 0 Å². The van der Waals surface area contributed by atoms with Gasteiger partial charge < -0.3 is 25.4 Å². The Hall–Kier alpha value is -3.08. The van der Waals surface area contributed by atoms with Crippen LogP contribution in [0, 0.1) is 0 Å². The quantitative estimate of drug-likeness (QED) is 0.499. The molecule has 0 saturated carbocycles. The molecule has 0 amide bonds. The molecule has 5 nitrogen and oxygen atoms in total. The summed E-state index contributed by atoms with van der Waals surface area (Å²) in [5.74, 6) is -0.113. The number of aromatic nitrogens is 1. The molecule has 0 aliphatic carbocycles. The normalized spacial score (nSPS) is 10.7. The van der Waals surface area contributed by atoms with Gasteiger partial charge in [0.15, 0.2) is 0 Å². The van der Waals surface area contributed by atoms with E-state index >= 15 is 0 Å². The number of hydrogen-bond donors (Lipinski definition) is 5. The standard InChI is InChI=1S/C16H13NO4/c18-12-1-9(2-13(19)6-12)11-5-16(17-8-11)10-3-14(20)7-15(21)4-10/h1-8,17-21H. The molecule has 0 spiro atoms. The van der Waals surface area contributed by atoms with Crippen LogP contribution in [-0.4, -0.2) is 25.4 Å². The van der Waals surface area contributed by atoms with Gasteiger partial charge in [0.25, 0.3) is 0 Å². The van der Waals surface area contributed by atoms with Gasteiger partial charge in [0.1, 0.15) is 23.0 Å². The third-order valence-electron chi connectivity index (χ3n) is 3.13. The van der Waals surface area contributed by atoms with Crippen molar-refractivity contribution in [3.8, 4) is 45.4 Å². The van der Waals surface area contributed by atoms with Gasteiger partial charge in [0.2, 0.25) is 0 Å². The maximum Gasteiger partial charge on any atom is 0.119 e. The molecule has 3 rings (SSSR count). The second kappa shape index (κ2) is 4.79. The van der Waals surface area contributed by atoms with E-state index in [-0.39, 0.29) is 23.0 Å². The highest BCUT2D eigenvalue weighted by atomic mass is 16.3. The summed E-state index contributed by atoms with van der Waals surface area (Å²) in [5.41, 5.74) is 2.74. The highest BCUT2D eigenvalue weighted by molar-refractivity contribution is 5.74. The zero-order valence-corrected chi connectivity index (χ0v) is 10.9. The van der Waals surface area contributed by atoms with E-state index in [0.29, 0.717) is 16.8 Å². The molecule has 0 fully saturated rings. The van der Waals surface area contributed by atoms with Crippen molar-refractivity contribution in [3.63, 3.8) is 0 Å². The highest BCUT2D eigenvalue weighted by Gasteiger charge is 2.08. The van der Waals surface area contributed by atoms with Crippen LogP contribution in [-0.2, 0) is 0 Å². The third-order valence-corrected chi connectivity index (χ3v) is 3.13. The predicted molar refractivity (Wildman–Crippen MR) is 78.3 cm³/mol. The van der Waals surface area contributed by atoms with E-state index in [9.17, 15) is 20.4 Å². The minimum Gasteiger partial charge on any atom is -0.508 e. The molecular weight excluding hydrogens is 270 g/mol. The van der Waals surface area contributed by atoms with Crippen LogP contribution in [0.2, 0.25) is 0 Å². The first-order chi connectivity index (χ1) is 10.0. The molecule has 0 bridgehead atoms. The summed E-state index contributed by atoms with van der Waals surface area (Å²) in [7, 11) is 0. The van der Waals surface area contributed by atoms with Crippen molar-refractivity contribution >= 4 is 0 Å². The maximum atomic E-state index is 9.52. The summed E-state index contributed by atoms with van der Waals surface area (Å²) in [4.78, 5) is 3.03. The number of phenols is 4.